The minimum atomic E-state index is -0.117. The SMILES string of the molecule is C=CC(C)OCC(=O)NC. The molecule has 1 amide bonds. The molecule has 3 nitrogen and oxygen atoms in total. The molecule has 1 N–H and O–H groups in total. The number of carbonyl (C=O) groups excluding carboxylic acids is 1. The van der Waals surface area contributed by atoms with Crippen molar-refractivity contribution < 1.29 is 9.53 Å². The molecule has 0 aromatic heterocycles. The van der Waals surface area contributed by atoms with Crippen molar-refractivity contribution in [1.29, 1.82) is 0 Å². The van der Waals surface area contributed by atoms with Gasteiger partial charge in [-0.15, -0.1) is 6.58 Å². The predicted molar refractivity (Wildman–Crippen MR) is 39.7 cm³/mol. The summed E-state index contributed by atoms with van der Waals surface area (Å²) in [6, 6.07) is 0. The summed E-state index contributed by atoms with van der Waals surface area (Å²) in [6.07, 6.45) is 1.58. The van der Waals surface area contributed by atoms with Gasteiger partial charge in [-0.2, -0.15) is 0 Å². The highest BCUT2D eigenvalue weighted by Gasteiger charge is 1.99. The zero-order valence-corrected chi connectivity index (χ0v) is 6.39. The second kappa shape index (κ2) is 4.99. The molecular formula is C7H13NO2. The molecule has 0 saturated heterocycles. The van der Waals surface area contributed by atoms with Gasteiger partial charge in [-0.1, -0.05) is 6.08 Å². The van der Waals surface area contributed by atoms with E-state index in [2.05, 4.69) is 11.9 Å². The second-order valence-corrected chi connectivity index (χ2v) is 1.93. The third-order valence-electron chi connectivity index (χ3n) is 1.09. The molecule has 0 rings (SSSR count). The Hall–Kier alpha value is -0.830. The van der Waals surface area contributed by atoms with Crippen LogP contribution in [0.3, 0.4) is 0 Å². The summed E-state index contributed by atoms with van der Waals surface area (Å²) in [7, 11) is 1.57. The second-order valence-electron chi connectivity index (χ2n) is 1.93. The van der Waals surface area contributed by atoms with Crippen LogP contribution in [0.4, 0.5) is 0 Å². The number of hydrogen-bond donors (Lipinski definition) is 1. The molecule has 0 spiro atoms. The molecule has 0 aliphatic rings. The first kappa shape index (κ1) is 9.17. The van der Waals surface area contributed by atoms with Crippen LogP contribution in [0.1, 0.15) is 6.92 Å². The molecule has 1 unspecified atom stereocenters. The van der Waals surface area contributed by atoms with Gasteiger partial charge < -0.3 is 10.1 Å². The van der Waals surface area contributed by atoms with Gasteiger partial charge in [0.25, 0.3) is 0 Å². The van der Waals surface area contributed by atoms with E-state index in [1.165, 1.54) is 0 Å². The smallest absolute Gasteiger partial charge is 0.245 e. The Labute approximate surface area is 61.1 Å². The van der Waals surface area contributed by atoms with Crippen molar-refractivity contribution in [3.63, 3.8) is 0 Å². The summed E-state index contributed by atoms with van der Waals surface area (Å²) in [6.45, 7) is 5.44. The molecule has 0 heterocycles. The quantitative estimate of drug-likeness (QED) is 0.576. The summed E-state index contributed by atoms with van der Waals surface area (Å²) in [5, 5.41) is 2.45. The maximum atomic E-state index is 10.6. The fraction of sp³-hybridized carbons (Fsp3) is 0.571. The fourth-order valence-electron chi connectivity index (χ4n) is 0.347. The van der Waals surface area contributed by atoms with Gasteiger partial charge >= 0.3 is 0 Å². The van der Waals surface area contributed by atoms with Crippen LogP contribution in [0.5, 0.6) is 0 Å². The highest BCUT2D eigenvalue weighted by atomic mass is 16.5. The zero-order valence-electron chi connectivity index (χ0n) is 6.39. The van der Waals surface area contributed by atoms with Crippen molar-refractivity contribution in [3.8, 4) is 0 Å². The Morgan fingerprint density at radius 3 is 2.90 bits per heavy atom. The summed E-state index contributed by atoms with van der Waals surface area (Å²) in [4.78, 5) is 10.6. The van der Waals surface area contributed by atoms with Gasteiger partial charge in [-0.25, -0.2) is 0 Å². The molecule has 0 saturated carbocycles. The van der Waals surface area contributed by atoms with Crippen LogP contribution in [-0.4, -0.2) is 25.7 Å². The predicted octanol–water partition coefficient (Wildman–Crippen LogP) is 0.323. The Morgan fingerprint density at radius 2 is 2.50 bits per heavy atom. The van der Waals surface area contributed by atoms with E-state index in [4.69, 9.17) is 4.74 Å². The zero-order chi connectivity index (χ0) is 7.98. The van der Waals surface area contributed by atoms with Crippen LogP contribution in [0.2, 0.25) is 0 Å². The van der Waals surface area contributed by atoms with E-state index in [0.717, 1.165) is 0 Å². The highest BCUT2D eigenvalue weighted by molar-refractivity contribution is 5.76. The summed E-state index contributed by atoms with van der Waals surface area (Å²) in [5.41, 5.74) is 0. The van der Waals surface area contributed by atoms with Gasteiger partial charge in [0.15, 0.2) is 0 Å². The van der Waals surface area contributed by atoms with Crippen LogP contribution >= 0.6 is 0 Å². The van der Waals surface area contributed by atoms with E-state index in [0.29, 0.717) is 0 Å². The molecule has 0 aromatic rings. The molecular weight excluding hydrogens is 130 g/mol. The van der Waals surface area contributed by atoms with Crippen molar-refractivity contribution in [2.45, 2.75) is 13.0 Å². The van der Waals surface area contributed by atoms with E-state index < -0.39 is 0 Å². The Morgan fingerprint density at radius 1 is 1.90 bits per heavy atom. The minimum Gasteiger partial charge on any atom is -0.365 e. The molecule has 10 heavy (non-hydrogen) atoms. The van der Waals surface area contributed by atoms with Gasteiger partial charge in [-0.3, -0.25) is 4.79 Å². The molecule has 1 atom stereocenters. The van der Waals surface area contributed by atoms with Crippen molar-refractivity contribution in [3.05, 3.63) is 12.7 Å². The Kier molecular flexibility index (Phi) is 4.58. The molecule has 0 aromatic carbocycles. The minimum absolute atomic E-state index is 0.0581. The number of nitrogens with one attached hydrogen (secondary N) is 1. The largest absolute Gasteiger partial charge is 0.365 e. The maximum Gasteiger partial charge on any atom is 0.245 e. The summed E-state index contributed by atoms with van der Waals surface area (Å²) in [5.74, 6) is -0.117. The van der Waals surface area contributed by atoms with Crippen molar-refractivity contribution in [2.75, 3.05) is 13.7 Å². The molecule has 0 fully saturated rings. The van der Waals surface area contributed by atoms with Crippen molar-refractivity contribution >= 4 is 5.91 Å². The number of hydrogen-bond acceptors (Lipinski definition) is 2. The number of ether oxygens (including phenoxy) is 1. The lowest BCUT2D eigenvalue weighted by Gasteiger charge is -2.05. The number of rotatable bonds is 4. The monoisotopic (exact) mass is 143 g/mol. The van der Waals surface area contributed by atoms with Crippen molar-refractivity contribution in [1.82, 2.24) is 5.32 Å². The summed E-state index contributed by atoms with van der Waals surface area (Å²) >= 11 is 0. The molecule has 0 aliphatic heterocycles. The summed E-state index contributed by atoms with van der Waals surface area (Å²) < 4.78 is 5.01. The van der Waals surface area contributed by atoms with Gasteiger partial charge in [-0.05, 0) is 6.92 Å². The third-order valence-corrected chi connectivity index (χ3v) is 1.09. The first-order valence-electron chi connectivity index (χ1n) is 3.15. The number of carbonyl (C=O) groups is 1. The van der Waals surface area contributed by atoms with Crippen LogP contribution in [0, 0.1) is 0 Å². The lowest BCUT2D eigenvalue weighted by molar-refractivity contribution is -0.126. The maximum absolute atomic E-state index is 10.6. The molecule has 0 radical (unpaired) electrons. The number of likely N-dealkylation sites (N-methyl/N-ethyl adjacent to an activating group) is 1. The van der Waals surface area contributed by atoms with Crippen LogP contribution in [-0.2, 0) is 9.53 Å². The average molecular weight is 143 g/mol. The number of amides is 1. The van der Waals surface area contributed by atoms with Crippen molar-refractivity contribution in [2.24, 2.45) is 0 Å². The van der Waals surface area contributed by atoms with Gasteiger partial charge in [0.1, 0.15) is 6.61 Å². The highest BCUT2D eigenvalue weighted by Crippen LogP contribution is 1.89. The Balaban J connectivity index is 3.34. The normalized spacial score (nSPS) is 12.2. The topological polar surface area (TPSA) is 38.3 Å². The van der Waals surface area contributed by atoms with Gasteiger partial charge in [0.2, 0.25) is 5.91 Å². The molecule has 0 bridgehead atoms. The first-order chi connectivity index (χ1) is 4.70. The standard InChI is InChI=1S/C7H13NO2/c1-4-6(2)10-5-7(9)8-3/h4,6H,1,5H2,2-3H3,(H,8,9). The average Bonchev–Trinajstić information content (AvgIpc) is 1.99. The van der Waals surface area contributed by atoms with Crippen LogP contribution in [0.25, 0.3) is 0 Å². The van der Waals surface area contributed by atoms with Gasteiger partial charge in [0, 0.05) is 7.05 Å². The van der Waals surface area contributed by atoms with E-state index in [1.807, 2.05) is 6.92 Å². The lowest BCUT2D eigenvalue weighted by Crippen LogP contribution is -2.25. The van der Waals surface area contributed by atoms with E-state index in [1.54, 1.807) is 13.1 Å². The van der Waals surface area contributed by atoms with Gasteiger partial charge in [0.05, 0.1) is 6.10 Å². The fourth-order valence-corrected chi connectivity index (χ4v) is 0.347. The van der Waals surface area contributed by atoms with E-state index in [9.17, 15) is 4.79 Å². The van der Waals surface area contributed by atoms with Crippen LogP contribution in [0.15, 0.2) is 12.7 Å². The first-order valence-corrected chi connectivity index (χ1v) is 3.15. The van der Waals surface area contributed by atoms with E-state index in [-0.39, 0.29) is 18.6 Å². The Bertz CT molecular complexity index is 123. The van der Waals surface area contributed by atoms with E-state index >= 15 is 0 Å². The third kappa shape index (κ3) is 4.09. The molecule has 58 valence electrons. The van der Waals surface area contributed by atoms with Crippen LogP contribution < -0.4 is 5.32 Å². The molecule has 3 heteroatoms. The lowest BCUT2D eigenvalue weighted by atomic mass is 10.4. The molecule has 0 aliphatic carbocycles.